The summed E-state index contributed by atoms with van der Waals surface area (Å²) >= 11 is 0. The first-order valence-corrected chi connectivity index (χ1v) is 13.3. The second kappa shape index (κ2) is 11.1. The molecule has 0 aromatic heterocycles. The number of carbonyl (C=O) groups excluding carboxylic acids is 1. The topological polar surface area (TPSA) is 79.0 Å². The van der Waals surface area contributed by atoms with E-state index in [0.29, 0.717) is 18.7 Å². The van der Waals surface area contributed by atoms with Gasteiger partial charge in [-0.1, -0.05) is 37.3 Å². The summed E-state index contributed by atoms with van der Waals surface area (Å²) < 4.78 is 32.0. The maximum atomic E-state index is 13.1. The quantitative estimate of drug-likeness (QED) is 0.606. The van der Waals surface area contributed by atoms with Crippen molar-refractivity contribution in [3.8, 4) is 0 Å². The van der Waals surface area contributed by atoms with Gasteiger partial charge in [0.15, 0.2) is 0 Å². The highest BCUT2D eigenvalue weighted by atomic mass is 32.2. The number of hydrogen-bond acceptors (Lipinski definition) is 5. The summed E-state index contributed by atoms with van der Waals surface area (Å²) in [6.45, 7) is 10.3. The predicted molar refractivity (Wildman–Crippen MR) is 132 cm³/mol. The Hall–Kier alpha value is -2.42. The molecule has 8 heteroatoms. The van der Waals surface area contributed by atoms with E-state index in [0.717, 1.165) is 55.8 Å². The molecule has 2 aromatic carbocycles. The molecule has 1 aliphatic rings. The molecule has 180 valence electrons. The fourth-order valence-corrected chi connectivity index (χ4v) is 5.42. The Kier molecular flexibility index (Phi) is 8.51. The number of carbonyl (C=O) groups is 1. The van der Waals surface area contributed by atoms with Crippen LogP contribution in [-0.2, 0) is 32.6 Å². The maximum absolute atomic E-state index is 13.1. The minimum atomic E-state index is -3.65. The molecule has 0 aliphatic carbocycles. The predicted octanol–water partition coefficient (Wildman–Crippen LogP) is 3.00. The molecule has 0 saturated carbocycles. The molecule has 1 atom stereocenters. The van der Waals surface area contributed by atoms with Crippen LogP contribution in [0.15, 0.2) is 42.5 Å². The van der Waals surface area contributed by atoms with Crippen molar-refractivity contribution in [2.45, 2.75) is 46.3 Å². The number of sulfonamides is 1. The smallest absolute Gasteiger partial charge is 0.244 e. The number of hydrogen-bond donors (Lipinski definition) is 1. The van der Waals surface area contributed by atoms with Crippen LogP contribution < -0.4 is 9.62 Å². The Bertz CT molecular complexity index is 1030. The lowest BCUT2D eigenvalue weighted by atomic mass is 10.1. The Morgan fingerprint density at radius 2 is 1.64 bits per heavy atom. The van der Waals surface area contributed by atoms with E-state index in [-0.39, 0.29) is 5.91 Å². The molecule has 0 spiro atoms. The first-order chi connectivity index (χ1) is 15.7. The minimum Gasteiger partial charge on any atom is -0.379 e. The van der Waals surface area contributed by atoms with Crippen molar-refractivity contribution in [3.05, 3.63) is 64.7 Å². The Morgan fingerprint density at radius 1 is 1.06 bits per heavy atom. The van der Waals surface area contributed by atoms with E-state index in [2.05, 4.69) is 22.3 Å². The van der Waals surface area contributed by atoms with Crippen molar-refractivity contribution in [2.75, 3.05) is 36.9 Å². The zero-order valence-corrected chi connectivity index (χ0v) is 20.8. The number of benzene rings is 2. The molecular weight excluding hydrogens is 438 g/mol. The molecule has 1 fully saturated rings. The summed E-state index contributed by atoms with van der Waals surface area (Å²) in [6, 6.07) is 12.9. The molecule has 1 heterocycles. The lowest BCUT2D eigenvalue weighted by Gasteiger charge is -2.30. The third kappa shape index (κ3) is 7.03. The maximum Gasteiger partial charge on any atom is 0.244 e. The molecule has 3 rings (SSSR count). The van der Waals surface area contributed by atoms with Gasteiger partial charge in [-0.05, 0) is 54.7 Å². The van der Waals surface area contributed by atoms with Gasteiger partial charge in [0.25, 0.3) is 0 Å². The minimum absolute atomic E-state index is 0.306. The molecule has 7 nitrogen and oxygen atoms in total. The van der Waals surface area contributed by atoms with Crippen molar-refractivity contribution in [1.29, 1.82) is 0 Å². The standard InChI is InChI=1S/C25H35N3O4S/c1-5-24(28(33(4,30)31)23-15-19(2)14-20(3)16-23)25(29)26-17-21-6-8-22(9-7-21)18-27-10-12-32-13-11-27/h6-9,14-16,24H,5,10-13,17-18H2,1-4H3,(H,26,29). The highest BCUT2D eigenvalue weighted by Gasteiger charge is 2.31. The van der Waals surface area contributed by atoms with Crippen LogP contribution in [-0.4, -0.2) is 57.8 Å². The van der Waals surface area contributed by atoms with E-state index < -0.39 is 16.1 Å². The molecule has 1 amide bonds. The van der Waals surface area contributed by atoms with Gasteiger partial charge in [0.05, 0.1) is 25.2 Å². The van der Waals surface area contributed by atoms with Gasteiger partial charge in [-0.15, -0.1) is 0 Å². The summed E-state index contributed by atoms with van der Waals surface area (Å²) in [4.78, 5) is 15.4. The fourth-order valence-electron chi connectivity index (χ4n) is 4.23. The lowest BCUT2D eigenvalue weighted by molar-refractivity contribution is -0.122. The van der Waals surface area contributed by atoms with Crippen molar-refractivity contribution in [2.24, 2.45) is 0 Å². The van der Waals surface area contributed by atoms with Gasteiger partial charge in [-0.25, -0.2) is 8.42 Å². The summed E-state index contributed by atoms with van der Waals surface area (Å²) in [5.41, 5.74) is 4.61. The third-order valence-corrected chi connectivity index (χ3v) is 6.97. The average Bonchev–Trinajstić information content (AvgIpc) is 2.75. The Labute approximate surface area is 197 Å². The van der Waals surface area contributed by atoms with E-state index in [1.165, 1.54) is 9.87 Å². The van der Waals surface area contributed by atoms with Crippen LogP contribution in [0.25, 0.3) is 0 Å². The number of rotatable bonds is 9. The number of nitrogens with zero attached hydrogens (tertiary/aromatic N) is 2. The van der Waals surface area contributed by atoms with Crippen LogP contribution in [0.4, 0.5) is 5.69 Å². The van der Waals surface area contributed by atoms with Crippen molar-refractivity contribution in [3.63, 3.8) is 0 Å². The number of amides is 1. The van der Waals surface area contributed by atoms with Crippen molar-refractivity contribution < 1.29 is 17.9 Å². The fraction of sp³-hybridized carbons (Fsp3) is 0.480. The van der Waals surface area contributed by atoms with E-state index in [9.17, 15) is 13.2 Å². The van der Waals surface area contributed by atoms with Gasteiger partial charge in [0.2, 0.25) is 15.9 Å². The van der Waals surface area contributed by atoms with Gasteiger partial charge in [0, 0.05) is 26.2 Å². The van der Waals surface area contributed by atoms with E-state index >= 15 is 0 Å². The van der Waals surface area contributed by atoms with Crippen LogP contribution in [0, 0.1) is 13.8 Å². The van der Waals surface area contributed by atoms with Crippen LogP contribution in [0.2, 0.25) is 0 Å². The second-order valence-electron chi connectivity index (χ2n) is 8.75. The normalized spacial score (nSPS) is 15.8. The second-order valence-corrected chi connectivity index (χ2v) is 10.6. The van der Waals surface area contributed by atoms with Gasteiger partial charge in [-0.3, -0.25) is 14.0 Å². The SMILES string of the molecule is CCC(C(=O)NCc1ccc(CN2CCOCC2)cc1)N(c1cc(C)cc(C)c1)S(C)(=O)=O. The van der Waals surface area contributed by atoms with Crippen molar-refractivity contribution in [1.82, 2.24) is 10.2 Å². The third-order valence-electron chi connectivity index (χ3n) is 5.79. The molecule has 1 unspecified atom stereocenters. The van der Waals surface area contributed by atoms with E-state index in [1.807, 2.05) is 39.0 Å². The zero-order chi connectivity index (χ0) is 24.0. The van der Waals surface area contributed by atoms with E-state index in [4.69, 9.17) is 4.74 Å². The number of nitrogens with one attached hydrogen (secondary N) is 1. The number of ether oxygens (including phenoxy) is 1. The lowest BCUT2D eigenvalue weighted by Crippen LogP contribution is -2.49. The molecular formula is C25H35N3O4S. The molecule has 1 N–H and O–H groups in total. The molecule has 0 bridgehead atoms. The highest BCUT2D eigenvalue weighted by Crippen LogP contribution is 2.25. The van der Waals surface area contributed by atoms with Gasteiger partial charge >= 0.3 is 0 Å². The summed E-state index contributed by atoms with van der Waals surface area (Å²) in [5, 5.41) is 2.93. The summed E-state index contributed by atoms with van der Waals surface area (Å²) in [6.07, 6.45) is 1.51. The number of morpholine rings is 1. The van der Waals surface area contributed by atoms with Crippen molar-refractivity contribution >= 4 is 21.6 Å². The monoisotopic (exact) mass is 473 g/mol. The summed E-state index contributed by atoms with van der Waals surface area (Å²) in [5.74, 6) is -0.306. The number of anilines is 1. The van der Waals surface area contributed by atoms with Gasteiger partial charge < -0.3 is 10.1 Å². The first-order valence-electron chi connectivity index (χ1n) is 11.4. The largest absolute Gasteiger partial charge is 0.379 e. The average molecular weight is 474 g/mol. The van der Waals surface area contributed by atoms with Crippen LogP contribution in [0.3, 0.4) is 0 Å². The molecule has 1 aliphatic heterocycles. The van der Waals surface area contributed by atoms with Gasteiger partial charge in [-0.2, -0.15) is 0 Å². The zero-order valence-electron chi connectivity index (χ0n) is 20.0. The molecule has 2 aromatic rings. The highest BCUT2D eigenvalue weighted by molar-refractivity contribution is 7.92. The number of aryl methyl sites for hydroxylation is 2. The molecule has 0 radical (unpaired) electrons. The van der Waals surface area contributed by atoms with Gasteiger partial charge in [0.1, 0.15) is 6.04 Å². The Balaban J connectivity index is 1.67. The summed E-state index contributed by atoms with van der Waals surface area (Å²) in [7, 11) is -3.65. The van der Waals surface area contributed by atoms with Crippen LogP contribution in [0.5, 0.6) is 0 Å². The molecule has 33 heavy (non-hydrogen) atoms. The molecule has 1 saturated heterocycles. The first kappa shape index (κ1) is 25.2. The van der Waals surface area contributed by atoms with Crippen LogP contribution >= 0.6 is 0 Å². The Morgan fingerprint density at radius 3 is 2.18 bits per heavy atom. The van der Waals surface area contributed by atoms with Crippen LogP contribution in [0.1, 0.15) is 35.6 Å². The van der Waals surface area contributed by atoms with E-state index in [1.54, 1.807) is 12.1 Å².